The van der Waals surface area contributed by atoms with Crippen LogP contribution in [0.2, 0.25) is 0 Å². The van der Waals surface area contributed by atoms with Crippen LogP contribution in [-0.4, -0.2) is 25.0 Å². The third-order valence-electron chi connectivity index (χ3n) is 4.34. The van der Waals surface area contributed by atoms with Crippen molar-refractivity contribution in [3.63, 3.8) is 0 Å². The highest BCUT2D eigenvalue weighted by molar-refractivity contribution is 5.94. The average Bonchev–Trinajstić information content (AvgIpc) is 2.71. The summed E-state index contributed by atoms with van der Waals surface area (Å²) in [7, 11) is 0. The molecule has 0 heterocycles. The molecule has 3 aromatic carbocycles. The number of carbonyl (C=O) groups is 2. The summed E-state index contributed by atoms with van der Waals surface area (Å²) in [5.41, 5.74) is 8.44. The van der Waals surface area contributed by atoms with Crippen molar-refractivity contribution in [3.05, 3.63) is 89.0 Å². The Labute approximate surface area is 175 Å². The number of hydrogen-bond acceptors (Lipinski definition) is 4. The third-order valence-corrected chi connectivity index (χ3v) is 4.34. The van der Waals surface area contributed by atoms with Crippen molar-refractivity contribution in [3.8, 4) is 17.2 Å². The second-order valence-electron chi connectivity index (χ2n) is 6.94. The molecule has 0 radical (unpaired) electrons. The number of carbonyl (C=O) groups excluding carboxylic acids is 2. The smallest absolute Gasteiger partial charge is 0.251 e. The average molecular weight is 404 g/mol. The van der Waals surface area contributed by atoms with E-state index in [2.05, 4.69) is 11.4 Å². The van der Waals surface area contributed by atoms with Crippen molar-refractivity contribution in [1.29, 1.82) is 0 Å². The molecule has 0 aliphatic rings. The Bertz CT molecular complexity index is 1010. The van der Waals surface area contributed by atoms with Gasteiger partial charge in [-0.3, -0.25) is 9.59 Å². The van der Waals surface area contributed by atoms with Gasteiger partial charge in [-0.2, -0.15) is 0 Å². The van der Waals surface area contributed by atoms with Crippen molar-refractivity contribution in [2.75, 3.05) is 13.2 Å². The number of hydrogen-bond donors (Lipinski definition) is 2. The number of nitrogens with two attached hydrogens (primary N) is 1. The molecule has 154 valence electrons. The molecule has 0 aromatic heterocycles. The molecule has 0 spiro atoms. The van der Waals surface area contributed by atoms with Crippen LogP contribution in [0.15, 0.2) is 66.7 Å². The molecule has 30 heavy (non-hydrogen) atoms. The van der Waals surface area contributed by atoms with E-state index in [0.29, 0.717) is 35.8 Å². The molecule has 0 bridgehead atoms. The molecule has 3 aromatic rings. The van der Waals surface area contributed by atoms with Crippen LogP contribution in [0.25, 0.3) is 0 Å². The van der Waals surface area contributed by atoms with Crippen LogP contribution in [0, 0.1) is 13.8 Å². The van der Waals surface area contributed by atoms with Crippen LogP contribution < -0.4 is 20.5 Å². The van der Waals surface area contributed by atoms with E-state index in [4.69, 9.17) is 15.2 Å². The number of rotatable bonds is 8. The van der Waals surface area contributed by atoms with Crippen LogP contribution in [0.5, 0.6) is 17.2 Å². The zero-order chi connectivity index (χ0) is 21.5. The topological polar surface area (TPSA) is 90.7 Å². The Kier molecular flexibility index (Phi) is 6.70. The summed E-state index contributed by atoms with van der Waals surface area (Å²) < 4.78 is 11.4. The Morgan fingerprint density at radius 2 is 1.33 bits per heavy atom. The summed E-state index contributed by atoms with van der Waals surface area (Å²) in [6.45, 7) is 4.82. The zero-order valence-electron chi connectivity index (χ0n) is 17.0. The first-order valence-electron chi connectivity index (χ1n) is 9.58. The van der Waals surface area contributed by atoms with Crippen LogP contribution in [0.1, 0.15) is 31.8 Å². The number of amides is 2. The van der Waals surface area contributed by atoms with Gasteiger partial charge in [-0.05, 0) is 85.6 Å². The lowest BCUT2D eigenvalue weighted by atomic mass is 10.1. The van der Waals surface area contributed by atoms with Gasteiger partial charge in [0.2, 0.25) is 5.91 Å². The molecule has 6 heteroatoms. The second kappa shape index (κ2) is 9.60. The van der Waals surface area contributed by atoms with Crippen molar-refractivity contribution in [2.24, 2.45) is 5.73 Å². The molecule has 0 atom stereocenters. The van der Waals surface area contributed by atoms with Crippen LogP contribution in [0.3, 0.4) is 0 Å². The summed E-state index contributed by atoms with van der Waals surface area (Å²) in [6.07, 6.45) is 0. The maximum Gasteiger partial charge on any atom is 0.251 e. The quantitative estimate of drug-likeness (QED) is 0.555. The highest BCUT2D eigenvalue weighted by atomic mass is 16.5. The van der Waals surface area contributed by atoms with E-state index in [0.717, 1.165) is 16.9 Å². The predicted octanol–water partition coefficient (Wildman–Crippen LogP) is 4.00. The van der Waals surface area contributed by atoms with Gasteiger partial charge in [0.15, 0.2) is 0 Å². The minimum absolute atomic E-state index is 0.184. The summed E-state index contributed by atoms with van der Waals surface area (Å²) in [5.74, 6) is 1.28. The maximum atomic E-state index is 12.3. The number of nitrogens with one attached hydrogen (secondary N) is 1. The van der Waals surface area contributed by atoms with Gasteiger partial charge in [0, 0.05) is 11.1 Å². The standard InChI is InChI=1S/C24H24N2O4/c1-16-13-17(2)15-22(14-16)29-12-11-26-24(28)19-5-9-21(10-6-19)30-20-7-3-18(4-8-20)23(25)27/h3-10,13-15H,11-12H2,1-2H3,(H2,25,27)(H,26,28). The monoisotopic (exact) mass is 404 g/mol. The van der Waals surface area contributed by atoms with Gasteiger partial charge in [-0.15, -0.1) is 0 Å². The minimum atomic E-state index is -0.490. The van der Waals surface area contributed by atoms with Gasteiger partial charge in [0.1, 0.15) is 23.9 Å². The normalized spacial score (nSPS) is 10.3. The summed E-state index contributed by atoms with van der Waals surface area (Å²) in [5, 5.41) is 2.84. The van der Waals surface area contributed by atoms with E-state index in [1.807, 2.05) is 26.0 Å². The van der Waals surface area contributed by atoms with E-state index in [-0.39, 0.29) is 5.91 Å². The molecule has 0 saturated heterocycles. The largest absolute Gasteiger partial charge is 0.492 e. The fraction of sp³-hybridized carbons (Fsp3) is 0.167. The first-order valence-corrected chi connectivity index (χ1v) is 9.58. The number of primary amides is 1. The predicted molar refractivity (Wildman–Crippen MR) is 115 cm³/mol. The van der Waals surface area contributed by atoms with Gasteiger partial charge in [-0.1, -0.05) is 6.07 Å². The lowest BCUT2D eigenvalue weighted by Crippen LogP contribution is -2.28. The summed E-state index contributed by atoms with van der Waals surface area (Å²) in [4.78, 5) is 23.4. The van der Waals surface area contributed by atoms with Crippen LogP contribution in [0.4, 0.5) is 0 Å². The van der Waals surface area contributed by atoms with Crippen LogP contribution in [-0.2, 0) is 0 Å². The van der Waals surface area contributed by atoms with E-state index in [9.17, 15) is 9.59 Å². The number of benzene rings is 3. The van der Waals surface area contributed by atoms with E-state index in [1.54, 1.807) is 48.5 Å². The first kappa shape index (κ1) is 20.9. The van der Waals surface area contributed by atoms with Crippen molar-refractivity contribution in [2.45, 2.75) is 13.8 Å². The summed E-state index contributed by atoms with van der Waals surface area (Å²) in [6, 6.07) is 19.3. The number of aryl methyl sites for hydroxylation is 2. The molecule has 3 N–H and O–H groups in total. The Morgan fingerprint density at radius 1 is 0.800 bits per heavy atom. The molecule has 6 nitrogen and oxygen atoms in total. The lowest BCUT2D eigenvalue weighted by Gasteiger charge is -2.10. The number of ether oxygens (including phenoxy) is 2. The molecular weight excluding hydrogens is 380 g/mol. The van der Waals surface area contributed by atoms with Gasteiger partial charge in [-0.25, -0.2) is 0 Å². The van der Waals surface area contributed by atoms with Gasteiger partial charge in [0.05, 0.1) is 6.54 Å². The molecular formula is C24H24N2O4. The Balaban J connectivity index is 1.47. The molecule has 3 rings (SSSR count). The molecule has 0 saturated carbocycles. The molecule has 0 aliphatic heterocycles. The molecule has 0 aliphatic carbocycles. The SMILES string of the molecule is Cc1cc(C)cc(OCCNC(=O)c2ccc(Oc3ccc(C(N)=O)cc3)cc2)c1. The second-order valence-corrected chi connectivity index (χ2v) is 6.94. The highest BCUT2D eigenvalue weighted by Gasteiger charge is 2.07. The lowest BCUT2D eigenvalue weighted by molar-refractivity contribution is 0.0946. The first-order chi connectivity index (χ1) is 14.4. The fourth-order valence-electron chi connectivity index (χ4n) is 2.95. The van der Waals surface area contributed by atoms with E-state index >= 15 is 0 Å². The van der Waals surface area contributed by atoms with Gasteiger partial charge < -0.3 is 20.5 Å². The van der Waals surface area contributed by atoms with Gasteiger partial charge >= 0.3 is 0 Å². The molecule has 2 amide bonds. The third kappa shape index (κ3) is 5.85. The fourth-order valence-corrected chi connectivity index (χ4v) is 2.95. The summed E-state index contributed by atoms with van der Waals surface area (Å²) >= 11 is 0. The zero-order valence-corrected chi connectivity index (χ0v) is 17.0. The highest BCUT2D eigenvalue weighted by Crippen LogP contribution is 2.22. The Hall–Kier alpha value is -3.80. The van der Waals surface area contributed by atoms with Crippen molar-refractivity contribution in [1.82, 2.24) is 5.32 Å². The maximum absolute atomic E-state index is 12.3. The minimum Gasteiger partial charge on any atom is -0.492 e. The van der Waals surface area contributed by atoms with Gasteiger partial charge in [0.25, 0.3) is 5.91 Å². The van der Waals surface area contributed by atoms with E-state index < -0.39 is 5.91 Å². The molecule has 0 fully saturated rings. The molecule has 0 unspecified atom stereocenters. The van der Waals surface area contributed by atoms with Crippen molar-refractivity contribution >= 4 is 11.8 Å². The van der Waals surface area contributed by atoms with E-state index in [1.165, 1.54) is 0 Å². The Morgan fingerprint density at radius 3 is 1.87 bits per heavy atom. The van der Waals surface area contributed by atoms with Crippen LogP contribution >= 0.6 is 0 Å². The van der Waals surface area contributed by atoms with Crippen molar-refractivity contribution < 1.29 is 19.1 Å².